The molecular formula is C29H38N8O6. The number of methoxy groups -OCH3 is 1. The van der Waals surface area contributed by atoms with Gasteiger partial charge in [0.25, 0.3) is 5.91 Å². The minimum atomic E-state index is -0.887. The van der Waals surface area contributed by atoms with Gasteiger partial charge in [0.1, 0.15) is 18.5 Å². The van der Waals surface area contributed by atoms with E-state index >= 15 is 0 Å². The number of hydrogen-bond acceptors (Lipinski definition) is 10. The number of anilines is 1. The maximum atomic E-state index is 13.5. The lowest BCUT2D eigenvalue weighted by Gasteiger charge is -2.33. The molecule has 0 bridgehead atoms. The Morgan fingerprint density at radius 1 is 1.07 bits per heavy atom. The van der Waals surface area contributed by atoms with Gasteiger partial charge in [0, 0.05) is 43.0 Å². The summed E-state index contributed by atoms with van der Waals surface area (Å²) in [5, 5.41) is 10.6. The third-order valence-electron chi connectivity index (χ3n) is 7.91. The van der Waals surface area contributed by atoms with E-state index in [0.717, 1.165) is 5.56 Å². The van der Waals surface area contributed by atoms with Crippen LogP contribution in [0.15, 0.2) is 30.7 Å². The Hall–Kier alpha value is -4.46. The van der Waals surface area contributed by atoms with Crippen LogP contribution in [-0.4, -0.2) is 94.5 Å². The Balaban J connectivity index is 1.17. The zero-order chi connectivity index (χ0) is 30.6. The van der Waals surface area contributed by atoms with Crippen LogP contribution in [-0.2, 0) is 14.3 Å². The Morgan fingerprint density at radius 2 is 1.77 bits per heavy atom. The molecule has 2 aliphatic rings. The number of nitrogens with one attached hydrogen (secondary N) is 2. The Morgan fingerprint density at radius 3 is 2.47 bits per heavy atom. The normalized spacial score (nSPS) is 19.1. The van der Waals surface area contributed by atoms with Crippen molar-refractivity contribution in [2.75, 3.05) is 45.8 Å². The van der Waals surface area contributed by atoms with Crippen LogP contribution in [0, 0.1) is 5.41 Å². The number of fused-ring (bicyclic) bond motifs is 1. The molecule has 1 aliphatic carbocycles. The molecule has 14 nitrogen and oxygen atoms in total. The van der Waals surface area contributed by atoms with Gasteiger partial charge in [-0.2, -0.15) is 5.10 Å². The molecule has 0 aromatic carbocycles. The van der Waals surface area contributed by atoms with E-state index in [2.05, 4.69) is 25.7 Å². The molecule has 3 amide bonds. The molecule has 0 unspecified atom stereocenters. The molecule has 14 heteroatoms. The fourth-order valence-corrected chi connectivity index (χ4v) is 5.30. The second-order valence-corrected chi connectivity index (χ2v) is 11.5. The van der Waals surface area contributed by atoms with E-state index < -0.39 is 11.5 Å². The molecule has 1 saturated heterocycles. The summed E-state index contributed by atoms with van der Waals surface area (Å²) >= 11 is 0. The van der Waals surface area contributed by atoms with Gasteiger partial charge in [0.2, 0.25) is 11.8 Å². The van der Waals surface area contributed by atoms with Crippen LogP contribution >= 0.6 is 0 Å². The summed E-state index contributed by atoms with van der Waals surface area (Å²) in [4.78, 5) is 48.7. The van der Waals surface area contributed by atoms with Crippen LogP contribution in [0.3, 0.4) is 0 Å². The second-order valence-electron chi connectivity index (χ2n) is 11.5. The highest BCUT2D eigenvalue weighted by Gasteiger charge is 2.34. The van der Waals surface area contributed by atoms with Crippen molar-refractivity contribution >= 4 is 29.2 Å². The minimum absolute atomic E-state index is 0.0207. The van der Waals surface area contributed by atoms with Gasteiger partial charge in [0.05, 0.1) is 37.0 Å². The molecule has 1 saturated carbocycles. The van der Waals surface area contributed by atoms with Crippen molar-refractivity contribution < 1.29 is 28.6 Å². The van der Waals surface area contributed by atoms with Crippen molar-refractivity contribution in [3.63, 3.8) is 0 Å². The Labute approximate surface area is 249 Å². The molecule has 0 spiro atoms. The van der Waals surface area contributed by atoms with E-state index in [-0.39, 0.29) is 36.3 Å². The molecule has 4 heterocycles. The van der Waals surface area contributed by atoms with E-state index in [9.17, 15) is 14.4 Å². The predicted molar refractivity (Wildman–Crippen MR) is 156 cm³/mol. The van der Waals surface area contributed by atoms with Gasteiger partial charge in [-0.1, -0.05) is 0 Å². The number of amides is 3. The first-order chi connectivity index (χ1) is 20.7. The van der Waals surface area contributed by atoms with Crippen LogP contribution in [0.1, 0.15) is 49.9 Å². The first-order valence-corrected chi connectivity index (χ1v) is 14.4. The largest absolute Gasteiger partial charge is 0.481 e. The summed E-state index contributed by atoms with van der Waals surface area (Å²) in [6.07, 6.45) is 5.31. The van der Waals surface area contributed by atoms with Crippen molar-refractivity contribution in [1.82, 2.24) is 35.1 Å². The number of nitrogens with zero attached hydrogens (tertiary/aromatic N) is 5. The number of carbonyl (C=O) groups is 3. The fourth-order valence-electron chi connectivity index (χ4n) is 5.30. The van der Waals surface area contributed by atoms with Crippen molar-refractivity contribution in [3.05, 3.63) is 36.3 Å². The second kappa shape index (κ2) is 12.8. The number of nitrogen functional groups attached to an aromatic ring is 1. The Bertz CT molecular complexity index is 1480. The quantitative estimate of drug-likeness (QED) is 0.350. The van der Waals surface area contributed by atoms with Gasteiger partial charge in [-0.25, -0.2) is 19.3 Å². The van der Waals surface area contributed by atoms with Crippen molar-refractivity contribution in [2.24, 2.45) is 5.41 Å². The number of rotatable bonds is 8. The average molecular weight is 595 g/mol. The van der Waals surface area contributed by atoms with E-state index in [1.165, 1.54) is 13.4 Å². The number of morpholine rings is 1. The molecule has 0 atom stereocenters. The zero-order valence-corrected chi connectivity index (χ0v) is 24.7. The number of carbonyl (C=O) groups excluding carboxylic acids is 3. The van der Waals surface area contributed by atoms with Crippen LogP contribution in [0.4, 0.5) is 10.6 Å². The maximum absolute atomic E-state index is 13.5. The van der Waals surface area contributed by atoms with Crippen molar-refractivity contribution in [1.29, 1.82) is 0 Å². The third kappa shape index (κ3) is 6.79. The van der Waals surface area contributed by atoms with Crippen LogP contribution in [0.2, 0.25) is 0 Å². The molecule has 3 aromatic rings. The van der Waals surface area contributed by atoms with Crippen LogP contribution < -0.4 is 21.1 Å². The molecule has 3 aromatic heterocycles. The standard InChI is InChI=1S/C29H38N8O6/c1-29(2,16-43-28(40)36-10-12-42-13-11-36)27(39)35-20-6-4-19(5-7-20)34-26(38)21-15-22(18-8-9-31-23(14-18)41-3)37-24(21)25(30)32-17-33-37/h8-9,14-15,17,19-20H,4-7,10-13,16H2,1-3H3,(H,34,38)(H,35,39)(H2,30,32,33). The summed E-state index contributed by atoms with van der Waals surface area (Å²) in [5.41, 5.74) is 7.50. The first-order valence-electron chi connectivity index (χ1n) is 14.4. The Kier molecular flexibility index (Phi) is 8.94. The summed E-state index contributed by atoms with van der Waals surface area (Å²) < 4.78 is 17.5. The lowest BCUT2D eigenvalue weighted by atomic mass is 9.88. The van der Waals surface area contributed by atoms with Gasteiger partial charge in [0.15, 0.2) is 5.82 Å². The molecule has 0 radical (unpaired) electrons. The lowest BCUT2D eigenvalue weighted by molar-refractivity contribution is -0.132. The van der Waals surface area contributed by atoms with Gasteiger partial charge in [-0.15, -0.1) is 0 Å². The van der Waals surface area contributed by atoms with E-state index in [4.69, 9.17) is 19.9 Å². The molecule has 2 fully saturated rings. The highest BCUT2D eigenvalue weighted by atomic mass is 16.6. The predicted octanol–water partition coefficient (Wildman–Crippen LogP) is 2.03. The molecule has 230 valence electrons. The number of hydrogen-bond donors (Lipinski definition) is 3. The van der Waals surface area contributed by atoms with Gasteiger partial charge in [-0.05, 0) is 51.7 Å². The van der Waals surface area contributed by atoms with E-state index in [1.54, 1.807) is 47.7 Å². The molecule has 1 aliphatic heterocycles. The summed E-state index contributed by atoms with van der Waals surface area (Å²) in [6, 6.07) is 5.18. The number of ether oxygens (including phenoxy) is 3. The summed E-state index contributed by atoms with van der Waals surface area (Å²) in [6.45, 7) is 5.42. The zero-order valence-electron chi connectivity index (χ0n) is 24.7. The molecule has 43 heavy (non-hydrogen) atoms. The molecular weight excluding hydrogens is 556 g/mol. The summed E-state index contributed by atoms with van der Waals surface area (Å²) in [7, 11) is 1.53. The number of aromatic nitrogens is 4. The van der Waals surface area contributed by atoms with Gasteiger partial charge < -0.3 is 35.5 Å². The smallest absolute Gasteiger partial charge is 0.409 e. The van der Waals surface area contributed by atoms with Crippen molar-refractivity contribution in [3.8, 4) is 17.1 Å². The highest BCUT2D eigenvalue weighted by Crippen LogP contribution is 2.30. The number of nitrogens with two attached hydrogens (primary N) is 1. The average Bonchev–Trinajstić information content (AvgIpc) is 3.42. The molecule has 5 rings (SSSR count). The van der Waals surface area contributed by atoms with Crippen molar-refractivity contribution in [2.45, 2.75) is 51.6 Å². The monoisotopic (exact) mass is 594 g/mol. The first kappa shape index (κ1) is 30.0. The van der Waals surface area contributed by atoms with Gasteiger partial charge >= 0.3 is 6.09 Å². The maximum Gasteiger partial charge on any atom is 0.409 e. The van der Waals surface area contributed by atoms with Crippen LogP contribution in [0.5, 0.6) is 5.88 Å². The summed E-state index contributed by atoms with van der Waals surface area (Å²) in [5.74, 6) is 0.173. The van der Waals surface area contributed by atoms with Gasteiger partial charge in [-0.3, -0.25) is 9.59 Å². The highest BCUT2D eigenvalue weighted by molar-refractivity contribution is 6.05. The van der Waals surface area contributed by atoms with E-state index in [1.807, 2.05) is 0 Å². The van der Waals surface area contributed by atoms with Crippen LogP contribution in [0.25, 0.3) is 16.8 Å². The molecule has 4 N–H and O–H groups in total. The lowest BCUT2D eigenvalue weighted by Crippen LogP contribution is -2.49. The topological polar surface area (TPSA) is 175 Å². The third-order valence-corrected chi connectivity index (χ3v) is 7.91. The van der Waals surface area contributed by atoms with E-state index in [0.29, 0.717) is 74.6 Å². The SMILES string of the molecule is COc1cc(-c2cc(C(=O)NC3CCC(NC(=O)C(C)(C)COC(=O)N4CCOCC4)CC3)c3c(N)ncnn23)ccn1. The fraction of sp³-hybridized carbons (Fsp3) is 0.517. The number of pyridine rings is 1. The minimum Gasteiger partial charge on any atom is -0.481 e.